The lowest BCUT2D eigenvalue weighted by molar-refractivity contribution is 0.488. The molecule has 0 atom stereocenters. The molecule has 14 heavy (non-hydrogen) atoms. The van der Waals surface area contributed by atoms with E-state index in [2.05, 4.69) is 5.43 Å². The van der Waals surface area contributed by atoms with Crippen LogP contribution in [0.1, 0.15) is 0 Å². The molecule has 0 aliphatic carbocycles. The third-order valence-electron chi connectivity index (χ3n) is 1.60. The summed E-state index contributed by atoms with van der Waals surface area (Å²) in [6.45, 7) is 0. The molecule has 0 amide bonds. The van der Waals surface area contributed by atoms with Gasteiger partial charge in [0.2, 0.25) is 0 Å². The third kappa shape index (κ3) is 2.00. The average Bonchev–Trinajstić information content (AvgIpc) is 2.09. The number of rotatable bonds is 2. The van der Waals surface area contributed by atoms with Crippen molar-refractivity contribution in [1.82, 2.24) is 5.01 Å². The summed E-state index contributed by atoms with van der Waals surface area (Å²) in [4.78, 5) is 0. The molecule has 0 saturated carbocycles. The zero-order chi connectivity index (χ0) is 10.9. The third-order valence-corrected chi connectivity index (χ3v) is 1.98. The molecule has 0 saturated heterocycles. The molecule has 0 aromatic heterocycles. The fraction of sp³-hybridized carbons (Fsp3) is 0.250. The fourth-order valence-corrected chi connectivity index (χ4v) is 1.15. The molecule has 0 spiro atoms. The molecule has 5 N–H and O–H groups in total. The van der Waals surface area contributed by atoms with Gasteiger partial charge in [0.05, 0.1) is 11.4 Å². The van der Waals surface area contributed by atoms with Gasteiger partial charge in [0.25, 0.3) is 0 Å². The Kier molecular flexibility index (Phi) is 3.03. The predicted octanol–water partition coefficient (Wildman–Crippen LogP) is 1.53. The quantitative estimate of drug-likeness (QED) is 0.520. The lowest BCUT2D eigenvalue weighted by Crippen LogP contribution is -2.21. The molecule has 0 radical (unpaired) electrons. The number of anilines is 3. The van der Waals surface area contributed by atoms with E-state index in [1.54, 1.807) is 19.1 Å². The molecule has 4 nitrogen and oxygen atoms in total. The Bertz CT molecular complexity index is 354. The number of hydrazine groups is 1. The first-order valence-electron chi connectivity index (χ1n) is 3.90. The Morgan fingerprint density at radius 3 is 2.43 bits per heavy atom. The van der Waals surface area contributed by atoms with Crippen LogP contribution < -0.4 is 16.9 Å². The van der Waals surface area contributed by atoms with E-state index in [-0.39, 0.29) is 22.1 Å². The van der Waals surface area contributed by atoms with Gasteiger partial charge in [-0.1, -0.05) is 11.6 Å². The molecule has 0 aliphatic heterocycles. The summed E-state index contributed by atoms with van der Waals surface area (Å²) in [7, 11) is 3.42. The smallest absolute Gasteiger partial charge is 0.170 e. The van der Waals surface area contributed by atoms with Crippen LogP contribution in [0.2, 0.25) is 5.02 Å². The molecule has 1 aromatic carbocycles. The Balaban J connectivity index is 3.22. The summed E-state index contributed by atoms with van der Waals surface area (Å²) in [5, 5.41) is 1.44. The molecule has 1 rings (SSSR count). The van der Waals surface area contributed by atoms with Gasteiger partial charge in [0.1, 0.15) is 10.7 Å². The Morgan fingerprint density at radius 1 is 1.36 bits per heavy atom. The lowest BCUT2D eigenvalue weighted by Gasteiger charge is -2.17. The highest BCUT2D eigenvalue weighted by molar-refractivity contribution is 6.33. The maximum atomic E-state index is 13.5. The van der Waals surface area contributed by atoms with E-state index < -0.39 is 5.82 Å². The van der Waals surface area contributed by atoms with Crippen molar-refractivity contribution in [3.05, 3.63) is 16.9 Å². The van der Waals surface area contributed by atoms with Crippen LogP contribution in [0.5, 0.6) is 0 Å². The van der Waals surface area contributed by atoms with E-state index in [0.717, 1.165) is 0 Å². The van der Waals surface area contributed by atoms with Gasteiger partial charge in [-0.2, -0.15) is 0 Å². The minimum atomic E-state index is -0.641. The first-order valence-corrected chi connectivity index (χ1v) is 4.28. The highest BCUT2D eigenvalue weighted by Gasteiger charge is 2.14. The molecule has 6 heteroatoms. The largest absolute Gasteiger partial charge is 0.397 e. The summed E-state index contributed by atoms with van der Waals surface area (Å²) in [5.41, 5.74) is 14.2. The van der Waals surface area contributed by atoms with E-state index >= 15 is 0 Å². The van der Waals surface area contributed by atoms with Gasteiger partial charge < -0.3 is 16.9 Å². The van der Waals surface area contributed by atoms with Crippen molar-refractivity contribution in [1.29, 1.82) is 0 Å². The minimum Gasteiger partial charge on any atom is -0.397 e. The summed E-state index contributed by atoms with van der Waals surface area (Å²) in [5.74, 6) is -0.641. The van der Waals surface area contributed by atoms with Crippen molar-refractivity contribution in [2.45, 2.75) is 0 Å². The number of hydrogen-bond donors (Lipinski definition) is 3. The molecular weight excluding hydrogens is 207 g/mol. The van der Waals surface area contributed by atoms with Gasteiger partial charge >= 0.3 is 0 Å². The topological polar surface area (TPSA) is 67.3 Å². The zero-order valence-corrected chi connectivity index (χ0v) is 8.69. The Labute approximate surface area is 86.6 Å². The number of hydrogen-bond acceptors (Lipinski definition) is 4. The first-order chi connectivity index (χ1) is 6.43. The molecule has 0 aliphatic rings. The van der Waals surface area contributed by atoms with Crippen molar-refractivity contribution in [2.24, 2.45) is 0 Å². The summed E-state index contributed by atoms with van der Waals surface area (Å²) < 4.78 is 13.5. The number of nitrogens with zero attached hydrogens (tertiary/aromatic N) is 1. The van der Waals surface area contributed by atoms with Crippen LogP contribution in [0.15, 0.2) is 6.07 Å². The standard InChI is InChI=1S/C8H12ClFN4/c1-14(2)13-8-5(12)3-4(11)6(9)7(8)10/h3,13H,11-12H2,1-2H3. The lowest BCUT2D eigenvalue weighted by atomic mass is 10.2. The second kappa shape index (κ2) is 3.89. The van der Waals surface area contributed by atoms with E-state index in [0.29, 0.717) is 0 Å². The second-order valence-corrected chi connectivity index (χ2v) is 3.44. The van der Waals surface area contributed by atoms with Crippen molar-refractivity contribution in [3.8, 4) is 0 Å². The van der Waals surface area contributed by atoms with Crippen LogP contribution in [0.4, 0.5) is 21.5 Å². The van der Waals surface area contributed by atoms with Crippen molar-refractivity contribution < 1.29 is 4.39 Å². The predicted molar refractivity (Wildman–Crippen MR) is 57.5 cm³/mol. The van der Waals surface area contributed by atoms with Gasteiger partial charge in [-0.25, -0.2) is 9.40 Å². The Morgan fingerprint density at radius 2 is 1.93 bits per heavy atom. The van der Waals surface area contributed by atoms with Crippen LogP contribution in [-0.2, 0) is 0 Å². The van der Waals surface area contributed by atoms with Gasteiger partial charge in [-0.15, -0.1) is 0 Å². The van der Waals surface area contributed by atoms with Crippen LogP contribution in [-0.4, -0.2) is 19.1 Å². The van der Waals surface area contributed by atoms with Crippen molar-refractivity contribution >= 4 is 28.7 Å². The SMILES string of the molecule is CN(C)Nc1c(N)cc(N)c(Cl)c1F. The van der Waals surface area contributed by atoms with E-state index in [9.17, 15) is 4.39 Å². The molecule has 0 bridgehead atoms. The summed E-state index contributed by atoms with van der Waals surface area (Å²) in [6.07, 6.45) is 0. The Hall–Kier alpha value is -1.20. The van der Waals surface area contributed by atoms with Crippen LogP contribution in [0, 0.1) is 5.82 Å². The number of halogens is 2. The highest BCUT2D eigenvalue weighted by Crippen LogP contribution is 2.33. The minimum absolute atomic E-state index is 0.122. The van der Waals surface area contributed by atoms with E-state index in [1.165, 1.54) is 6.07 Å². The van der Waals surface area contributed by atoms with Gasteiger partial charge in [-0.05, 0) is 6.07 Å². The maximum Gasteiger partial charge on any atom is 0.170 e. The fourth-order valence-electron chi connectivity index (χ4n) is 1.00. The molecule has 78 valence electrons. The normalized spacial score (nSPS) is 10.6. The van der Waals surface area contributed by atoms with Crippen LogP contribution >= 0.6 is 11.6 Å². The van der Waals surface area contributed by atoms with Crippen LogP contribution in [0.25, 0.3) is 0 Å². The number of nitrogen functional groups attached to an aromatic ring is 2. The monoisotopic (exact) mass is 218 g/mol. The van der Waals surface area contributed by atoms with Crippen molar-refractivity contribution in [2.75, 3.05) is 31.0 Å². The number of nitrogens with two attached hydrogens (primary N) is 2. The maximum absolute atomic E-state index is 13.5. The molecule has 1 aromatic rings. The van der Waals surface area contributed by atoms with E-state index in [1.807, 2.05) is 0 Å². The summed E-state index contributed by atoms with van der Waals surface area (Å²) >= 11 is 5.62. The van der Waals surface area contributed by atoms with Gasteiger partial charge in [0.15, 0.2) is 5.82 Å². The molecule has 0 fully saturated rings. The van der Waals surface area contributed by atoms with Crippen LogP contribution in [0.3, 0.4) is 0 Å². The van der Waals surface area contributed by atoms with Crippen molar-refractivity contribution in [3.63, 3.8) is 0 Å². The first kappa shape index (κ1) is 10.9. The number of benzene rings is 1. The summed E-state index contributed by atoms with van der Waals surface area (Å²) in [6, 6.07) is 1.41. The molecule has 0 heterocycles. The van der Waals surface area contributed by atoms with Gasteiger partial charge in [-0.3, -0.25) is 0 Å². The molecular formula is C8H12ClFN4. The zero-order valence-electron chi connectivity index (χ0n) is 7.94. The van der Waals surface area contributed by atoms with E-state index in [4.69, 9.17) is 23.1 Å². The number of nitrogens with one attached hydrogen (secondary N) is 1. The second-order valence-electron chi connectivity index (χ2n) is 3.06. The average molecular weight is 219 g/mol. The molecule has 0 unspecified atom stereocenters. The highest BCUT2D eigenvalue weighted by atomic mass is 35.5. The van der Waals surface area contributed by atoms with Gasteiger partial charge in [0, 0.05) is 14.1 Å².